The fraction of sp³-hybridized carbons (Fsp3) is 0.176. The Morgan fingerprint density at radius 3 is 2.60 bits per heavy atom. The second-order valence-electron chi connectivity index (χ2n) is 4.94. The molecule has 0 N–H and O–H groups in total. The molecule has 0 aliphatic heterocycles. The maximum Gasteiger partial charge on any atom is 0.365 e. The first-order valence-electron chi connectivity index (χ1n) is 6.67. The fourth-order valence-electron chi connectivity index (χ4n) is 2.34. The van der Waals surface area contributed by atoms with Gasteiger partial charge in [0, 0.05) is 5.56 Å². The number of carbonyl (C=O) groups is 1. The van der Waals surface area contributed by atoms with E-state index in [1.165, 1.54) is 5.56 Å². The Balaban J connectivity index is 1.75. The molecule has 0 amide bonds. The maximum atomic E-state index is 11.9. The topological polar surface area (TPSA) is 38.7 Å². The monoisotopic (exact) mass is 265 g/mol. The van der Waals surface area contributed by atoms with Crippen LogP contribution in [0.15, 0.2) is 53.7 Å². The SMILES string of the molecule is Cc1ccc(C(=O)ON=C2CCc3ccccc32)cc1. The number of oxime groups is 1. The molecule has 0 radical (unpaired) electrons. The molecular formula is C17H15NO2. The molecule has 0 atom stereocenters. The van der Waals surface area contributed by atoms with Crippen LogP contribution in [0.5, 0.6) is 0 Å². The lowest BCUT2D eigenvalue weighted by Gasteiger charge is -2.01. The van der Waals surface area contributed by atoms with E-state index in [0.717, 1.165) is 29.7 Å². The zero-order chi connectivity index (χ0) is 13.9. The maximum absolute atomic E-state index is 11.9. The second kappa shape index (κ2) is 5.29. The average molecular weight is 265 g/mol. The van der Waals surface area contributed by atoms with Gasteiger partial charge in [-0.05, 0) is 37.5 Å². The third-order valence-electron chi connectivity index (χ3n) is 3.49. The quantitative estimate of drug-likeness (QED) is 0.615. The lowest BCUT2D eigenvalue weighted by atomic mass is 10.1. The summed E-state index contributed by atoms with van der Waals surface area (Å²) < 4.78 is 0. The Hall–Kier alpha value is -2.42. The first-order valence-corrected chi connectivity index (χ1v) is 6.67. The Morgan fingerprint density at radius 2 is 1.80 bits per heavy atom. The lowest BCUT2D eigenvalue weighted by Crippen LogP contribution is -2.04. The summed E-state index contributed by atoms with van der Waals surface area (Å²) in [7, 11) is 0. The van der Waals surface area contributed by atoms with Crippen LogP contribution < -0.4 is 0 Å². The van der Waals surface area contributed by atoms with Crippen molar-refractivity contribution in [2.75, 3.05) is 0 Å². The van der Waals surface area contributed by atoms with Gasteiger partial charge in [-0.3, -0.25) is 0 Å². The van der Waals surface area contributed by atoms with E-state index in [4.69, 9.17) is 4.84 Å². The summed E-state index contributed by atoms with van der Waals surface area (Å²) in [5.41, 5.74) is 4.83. The molecule has 0 unspecified atom stereocenters. The van der Waals surface area contributed by atoms with Crippen LogP contribution >= 0.6 is 0 Å². The smallest absolute Gasteiger partial charge is 0.313 e. The molecule has 0 saturated carbocycles. The van der Waals surface area contributed by atoms with Crippen LogP contribution in [0.25, 0.3) is 0 Å². The summed E-state index contributed by atoms with van der Waals surface area (Å²) >= 11 is 0. The molecular weight excluding hydrogens is 250 g/mol. The molecule has 1 aliphatic carbocycles. The predicted molar refractivity (Wildman–Crippen MR) is 77.9 cm³/mol. The summed E-state index contributed by atoms with van der Waals surface area (Å²) in [5.74, 6) is -0.415. The van der Waals surface area contributed by atoms with E-state index in [2.05, 4.69) is 11.2 Å². The van der Waals surface area contributed by atoms with Crippen LogP contribution in [0.1, 0.15) is 33.5 Å². The zero-order valence-corrected chi connectivity index (χ0v) is 11.3. The molecule has 3 rings (SSSR count). The molecule has 1 aliphatic rings. The summed E-state index contributed by atoms with van der Waals surface area (Å²) in [6.07, 6.45) is 1.78. The summed E-state index contributed by atoms with van der Waals surface area (Å²) in [4.78, 5) is 17.0. The van der Waals surface area contributed by atoms with Crippen molar-refractivity contribution < 1.29 is 9.63 Å². The van der Waals surface area contributed by atoms with Gasteiger partial charge in [-0.25, -0.2) is 4.79 Å². The van der Waals surface area contributed by atoms with Crippen LogP contribution in [0, 0.1) is 6.92 Å². The highest BCUT2D eigenvalue weighted by atomic mass is 16.7. The molecule has 3 nitrogen and oxygen atoms in total. The van der Waals surface area contributed by atoms with Crippen LogP contribution in [0.4, 0.5) is 0 Å². The van der Waals surface area contributed by atoms with Crippen molar-refractivity contribution in [2.45, 2.75) is 19.8 Å². The van der Waals surface area contributed by atoms with Gasteiger partial charge in [-0.2, -0.15) is 0 Å². The van der Waals surface area contributed by atoms with Gasteiger partial charge in [0.25, 0.3) is 0 Å². The third kappa shape index (κ3) is 2.48. The predicted octanol–water partition coefficient (Wildman–Crippen LogP) is 3.50. The van der Waals surface area contributed by atoms with Gasteiger partial charge in [0.15, 0.2) is 0 Å². The Morgan fingerprint density at radius 1 is 1.05 bits per heavy atom. The highest BCUT2D eigenvalue weighted by Gasteiger charge is 2.18. The van der Waals surface area contributed by atoms with E-state index in [9.17, 15) is 4.79 Å². The highest BCUT2D eigenvalue weighted by molar-refractivity contribution is 6.04. The number of carbonyl (C=O) groups excluding carboxylic acids is 1. The van der Waals surface area contributed by atoms with E-state index in [1.54, 1.807) is 12.1 Å². The molecule has 0 heterocycles. The Kier molecular flexibility index (Phi) is 3.33. The van der Waals surface area contributed by atoms with Crippen molar-refractivity contribution >= 4 is 11.7 Å². The number of nitrogens with zero attached hydrogens (tertiary/aromatic N) is 1. The average Bonchev–Trinajstić information content (AvgIpc) is 2.89. The fourth-order valence-corrected chi connectivity index (χ4v) is 2.34. The van der Waals surface area contributed by atoms with Crippen molar-refractivity contribution in [2.24, 2.45) is 5.16 Å². The minimum atomic E-state index is -0.415. The van der Waals surface area contributed by atoms with Gasteiger partial charge in [0.1, 0.15) is 0 Å². The summed E-state index contributed by atoms with van der Waals surface area (Å²) in [6.45, 7) is 1.98. The van der Waals surface area contributed by atoms with Gasteiger partial charge in [-0.1, -0.05) is 47.1 Å². The van der Waals surface area contributed by atoms with Gasteiger partial charge >= 0.3 is 5.97 Å². The van der Waals surface area contributed by atoms with Crippen LogP contribution in [0.3, 0.4) is 0 Å². The van der Waals surface area contributed by atoms with Crippen molar-refractivity contribution in [3.05, 3.63) is 70.8 Å². The standard InChI is InChI=1S/C17H15NO2/c1-12-6-8-14(9-7-12)17(19)20-18-16-11-10-13-4-2-3-5-15(13)16/h2-9H,10-11H2,1H3. The van der Waals surface area contributed by atoms with E-state index in [1.807, 2.05) is 37.3 Å². The summed E-state index contributed by atoms with van der Waals surface area (Å²) in [6, 6.07) is 15.4. The van der Waals surface area contributed by atoms with Crippen LogP contribution in [-0.2, 0) is 11.3 Å². The number of rotatable bonds is 2. The Labute approximate surface area is 117 Å². The number of aryl methyl sites for hydroxylation is 2. The first-order chi connectivity index (χ1) is 9.74. The molecule has 0 aromatic heterocycles. The number of benzene rings is 2. The molecule has 20 heavy (non-hydrogen) atoms. The molecule has 0 bridgehead atoms. The largest absolute Gasteiger partial charge is 0.365 e. The van der Waals surface area contributed by atoms with E-state index in [0.29, 0.717) is 5.56 Å². The molecule has 2 aromatic carbocycles. The van der Waals surface area contributed by atoms with Gasteiger partial charge in [0.05, 0.1) is 11.3 Å². The number of hydrogen-bond acceptors (Lipinski definition) is 3. The van der Waals surface area contributed by atoms with Crippen molar-refractivity contribution in [1.29, 1.82) is 0 Å². The third-order valence-corrected chi connectivity index (χ3v) is 3.49. The van der Waals surface area contributed by atoms with Gasteiger partial charge in [-0.15, -0.1) is 0 Å². The van der Waals surface area contributed by atoms with Crippen molar-refractivity contribution in [3.63, 3.8) is 0 Å². The molecule has 100 valence electrons. The summed E-state index contributed by atoms with van der Waals surface area (Å²) in [5, 5.41) is 4.03. The van der Waals surface area contributed by atoms with Gasteiger partial charge < -0.3 is 4.84 Å². The molecule has 0 fully saturated rings. The van der Waals surface area contributed by atoms with Crippen molar-refractivity contribution in [3.8, 4) is 0 Å². The molecule has 3 heteroatoms. The molecule has 2 aromatic rings. The van der Waals surface area contributed by atoms with Crippen molar-refractivity contribution in [1.82, 2.24) is 0 Å². The zero-order valence-electron chi connectivity index (χ0n) is 11.3. The Bertz CT molecular complexity index is 672. The lowest BCUT2D eigenvalue weighted by molar-refractivity contribution is 0.0516. The van der Waals surface area contributed by atoms with E-state index < -0.39 is 5.97 Å². The van der Waals surface area contributed by atoms with E-state index in [-0.39, 0.29) is 0 Å². The van der Waals surface area contributed by atoms with Crippen LogP contribution in [-0.4, -0.2) is 11.7 Å². The van der Waals surface area contributed by atoms with Crippen LogP contribution in [0.2, 0.25) is 0 Å². The van der Waals surface area contributed by atoms with Gasteiger partial charge in [0.2, 0.25) is 0 Å². The normalized spacial score (nSPS) is 15.2. The minimum Gasteiger partial charge on any atom is -0.313 e. The number of fused-ring (bicyclic) bond motifs is 1. The highest BCUT2D eigenvalue weighted by Crippen LogP contribution is 2.22. The van der Waals surface area contributed by atoms with E-state index >= 15 is 0 Å². The second-order valence-corrected chi connectivity index (χ2v) is 4.94. The number of hydrogen-bond donors (Lipinski definition) is 0. The molecule has 0 spiro atoms. The first kappa shape index (κ1) is 12.6. The minimum absolute atomic E-state index is 0.415. The molecule has 0 saturated heterocycles.